The summed E-state index contributed by atoms with van der Waals surface area (Å²) in [6, 6.07) is 0.128. The highest BCUT2D eigenvalue weighted by atomic mass is 35.5. The maximum absolute atomic E-state index is 12.2. The van der Waals surface area contributed by atoms with Gasteiger partial charge in [0.05, 0.1) is 7.11 Å². The SMILES string of the molecule is COC(=O)C1(NC(=O)C[C@@H]2CCC[C@H]2N)CCCC1.Cl. The largest absolute Gasteiger partial charge is 0.467 e. The highest BCUT2D eigenvalue weighted by molar-refractivity contribution is 5.88. The van der Waals surface area contributed by atoms with Gasteiger partial charge in [0.25, 0.3) is 0 Å². The summed E-state index contributed by atoms with van der Waals surface area (Å²) in [7, 11) is 1.38. The van der Waals surface area contributed by atoms with Gasteiger partial charge in [-0.25, -0.2) is 4.79 Å². The van der Waals surface area contributed by atoms with E-state index in [-0.39, 0.29) is 36.2 Å². The first kappa shape index (κ1) is 17.2. The number of hydrogen-bond acceptors (Lipinski definition) is 4. The average Bonchev–Trinajstić information content (AvgIpc) is 3.00. The van der Waals surface area contributed by atoms with Gasteiger partial charge < -0.3 is 15.8 Å². The third-order valence-electron chi connectivity index (χ3n) is 4.58. The van der Waals surface area contributed by atoms with Crippen LogP contribution in [0.4, 0.5) is 0 Å². The molecule has 0 aromatic rings. The van der Waals surface area contributed by atoms with Gasteiger partial charge in [0.15, 0.2) is 0 Å². The standard InChI is InChI=1S/C14H24N2O3.ClH/c1-19-13(18)14(7-2-3-8-14)16-12(17)9-10-5-4-6-11(10)15;/h10-11H,2-9,15H2,1H3,(H,16,17);1H/t10-,11+;/m0./s1. The van der Waals surface area contributed by atoms with Crippen molar-refractivity contribution < 1.29 is 14.3 Å². The van der Waals surface area contributed by atoms with Crippen molar-refractivity contribution in [2.24, 2.45) is 11.7 Å². The fraction of sp³-hybridized carbons (Fsp3) is 0.857. The van der Waals surface area contributed by atoms with Crippen LogP contribution in [0.1, 0.15) is 51.4 Å². The van der Waals surface area contributed by atoms with Crippen molar-refractivity contribution in [2.45, 2.75) is 62.9 Å². The van der Waals surface area contributed by atoms with E-state index in [9.17, 15) is 9.59 Å². The second-order valence-corrected chi connectivity index (χ2v) is 5.89. The normalized spacial score (nSPS) is 27.7. The van der Waals surface area contributed by atoms with E-state index in [0.717, 1.165) is 32.1 Å². The molecule has 0 unspecified atom stereocenters. The number of ether oxygens (including phenoxy) is 1. The van der Waals surface area contributed by atoms with Crippen LogP contribution in [0.15, 0.2) is 0 Å². The molecule has 0 aromatic carbocycles. The second-order valence-electron chi connectivity index (χ2n) is 5.89. The predicted molar refractivity (Wildman–Crippen MR) is 78.5 cm³/mol. The second kappa shape index (κ2) is 7.27. The first-order valence-corrected chi connectivity index (χ1v) is 7.22. The number of carbonyl (C=O) groups excluding carboxylic acids is 2. The van der Waals surface area contributed by atoms with Crippen LogP contribution in [-0.4, -0.2) is 30.6 Å². The molecule has 5 nitrogen and oxygen atoms in total. The topological polar surface area (TPSA) is 81.4 Å². The van der Waals surface area contributed by atoms with E-state index in [0.29, 0.717) is 19.3 Å². The summed E-state index contributed by atoms with van der Waals surface area (Å²) in [5, 5.41) is 2.92. The molecule has 3 N–H and O–H groups in total. The number of rotatable bonds is 4. The van der Waals surface area contributed by atoms with E-state index >= 15 is 0 Å². The van der Waals surface area contributed by atoms with Crippen molar-refractivity contribution in [1.82, 2.24) is 5.32 Å². The van der Waals surface area contributed by atoms with Gasteiger partial charge in [0.1, 0.15) is 5.54 Å². The number of hydrogen-bond donors (Lipinski definition) is 2. The molecule has 0 aromatic heterocycles. The maximum Gasteiger partial charge on any atom is 0.331 e. The number of esters is 1. The molecular weight excluding hydrogens is 280 g/mol. The van der Waals surface area contributed by atoms with Crippen LogP contribution in [0.3, 0.4) is 0 Å². The molecule has 0 spiro atoms. The van der Waals surface area contributed by atoms with E-state index in [4.69, 9.17) is 10.5 Å². The summed E-state index contributed by atoms with van der Waals surface area (Å²) < 4.78 is 4.85. The molecule has 20 heavy (non-hydrogen) atoms. The molecule has 0 bridgehead atoms. The lowest BCUT2D eigenvalue weighted by atomic mass is 9.95. The highest BCUT2D eigenvalue weighted by Crippen LogP contribution is 2.32. The lowest BCUT2D eigenvalue weighted by Gasteiger charge is -2.28. The van der Waals surface area contributed by atoms with E-state index in [1.165, 1.54) is 7.11 Å². The molecule has 2 atom stereocenters. The first-order valence-electron chi connectivity index (χ1n) is 7.22. The van der Waals surface area contributed by atoms with Crippen molar-refractivity contribution in [3.8, 4) is 0 Å². The van der Waals surface area contributed by atoms with E-state index in [1.54, 1.807) is 0 Å². The number of methoxy groups -OCH3 is 1. The molecule has 2 aliphatic carbocycles. The molecule has 1 amide bonds. The Morgan fingerprint density at radius 2 is 1.90 bits per heavy atom. The van der Waals surface area contributed by atoms with Crippen molar-refractivity contribution in [2.75, 3.05) is 7.11 Å². The highest BCUT2D eigenvalue weighted by Gasteiger charge is 2.43. The summed E-state index contributed by atoms with van der Waals surface area (Å²) >= 11 is 0. The van der Waals surface area contributed by atoms with Gasteiger partial charge >= 0.3 is 5.97 Å². The quantitative estimate of drug-likeness (QED) is 0.772. The molecule has 2 aliphatic rings. The number of carbonyl (C=O) groups is 2. The van der Waals surface area contributed by atoms with Crippen molar-refractivity contribution in [3.05, 3.63) is 0 Å². The summed E-state index contributed by atoms with van der Waals surface area (Å²) in [6.07, 6.45) is 6.82. The minimum Gasteiger partial charge on any atom is -0.467 e. The van der Waals surface area contributed by atoms with Crippen LogP contribution >= 0.6 is 12.4 Å². The fourth-order valence-corrected chi connectivity index (χ4v) is 3.43. The van der Waals surface area contributed by atoms with Gasteiger partial charge in [-0.2, -0.15) is 0 Å². The average molecular weight is 305 g/mol. The van der Waals surface area contributed by atoms with Gasteiger partial charge in [-0.05, 0) is 31.6 Å². The van der Waals surface area contributed by atoms with Crippen LogP contribution in [0.25, 0.3) is 0 Å². The van der Waals surface area contributed by atoms with Crippen LogP contribution in [-0.2, 0) is 14.3 Å². The third kappa shape index (κ3) is 3.64. The van der Waals surface area contributed by atoms with Crippen LogP contribution in [0.5, 0.6) is 0 Å². The zero-order valence-electron chi connectivity index (χ0n) is 12.0. The molecule has 6 heteroatoms. The third-order valence-corrected chi connectivity index (χ3v) is 4.58. The van der Waals surface area contributed by atoms with E-state index in [2.05, 4.69) is 5.32 Å². The Morgan fingerprint density at radius 1 is 1.25 bits per heavy atom. The van der Waals surface area contributed by atoms with Crippen molar-refractivity contribution in [1.29, 1.82) is 0 Å². The van der Waals surface area contributed by atoms with Crippen molar-refractivity contribution in [3.63, 3.8) is 0 Å². The Kier molecular flexibility index (Phi) is 6.27. The first-order chi connectivity index (χ1) is 9.07. The predicted octanol–water partition coefficient (Wildman–Crippen LogP) is 1.53. The fourth-order valence-electron chi connectivity index (χ4n) is 3.43. The number of nitrogens with one attached hydrogen (secondary N) is 1. The van der Waals surface area contributed by atoms with Crippen LogP contribution in [0.2, 0.25) is 0 Å². The Hall–Kier alpha value is -0.810. The summed E-state index contributed by atoms with van der Waals surface area (Å²) in [4.78, 5) is 24.1. The van der Waals surface area contributed by atoms with Crippen molar-refractivity contribution >= 4 is 24.3 Å². The van der Waals surface area contributed by atoms with Gasteiger partial charge in [0.2, 0.25) is 5.91 Å². The molecule has 116 valence electrons. The molecule has 0 aliphatic heterocycles. The minimum atomic E-state index is -0.783. The number of halogens is 1. The van der Waals surface area contributed by atoms with Gasteiger partial charge in [0, 0.05) is 12.5 Å². The monoisotopic (exact) mass is 304 g/mol. The van der Waals surface area contributed by atoms with Crippen LogP contribution in [0, 0.1) is 5.92 Å². The Labute approximate surface area is 126 Å². The minimum absolute atomic E-state index is 0. The van der Waals surface area contributed by atoms with Crippen LogP contribution < -0.4 is 11.1 Å². The Bertz CT molecular complexity index is 356. The molecule has 0 heterocycles. The van der Waals surface area contributed by atoms with E-state index in [1.807, 2.05) is 0 Å². The lowest BCUT2D eigenvalue weighted by molar-refractivity contribution is -0.150. The lowest BCUT2D eigenvalue weighted by Crippen LogP contribution is -2.53. The molecule has 2 saturated carbocycles. The smallest absolute Gasteiger partial charge is 0.331 e. The molecule has 2 rings (SSSR count). The zero-order chi connectivity index (χ0) is 13.9. The Morgan fingerprint density at radius 3 is 2.40 bits per heavy atom. The molecule has 0 saturated heterocycles. The molecule has 0 radical (unpaired) electrons. The number of nitrogens with two attached hydrogens (primary N) is 1. The maximum atomic E-state index is 12.2. The summed E-state index contributed by atoms with van der Waals surface area (Å²) in [5.41, 5.74) is 5.20. The molecular formula is C14H25ClN2O3. The summed E-state index contributed by atoms with van der Waals surface area (Å²) in [6.45, 7) is 0. The van der Waals surface area contributed by atoms with Gasteiger partial charge in [-0.3, -0.25) is 4.79 Å². The number of amides is 1. The van der Waals surface area contributed by atoms with Gasteiger partial charge in [-0.15, -0.1) is 12.4 Å². The summed E-state index contributed by atoms with van der Waals surface area (Å²) in [5.74, 6) is -0.111. The zero-order valence-corrected chi connectivity index (χ0v) is 12.8. The van der Waals surface area contributed by atoms with Gasteiger partial charge in [-0.1, -0.05) is 19.3 Å². The molecule has 2 fully saturated rings. The Balaban J connectivity index is 0.00000200. The van der Waals surface area contributed by atoms with E-state index < -0.39 is 5.54 Å².